The van der Waals surface area contributed by atoms with Crippen LogP contribution in [0, 0.1) is 0 Å². The number of hydrogen-bond donors (Lipinski definition) is 0. The van der Waals surface area contributed by atoms with Crippen LogP contribution in [0.4, 0.5) is 5.69 Å². The number of benzene rings is 1. The smallest absolute Gasteiger partial charge is 0.270 e. The molecule has 4 nitrogen and oxygen atoms in total. The molecular weight excluding hydrogens is 342 g/mol. The normalized spacial score (nSPS) is 16.5. The Hall–Kier alpha value is -2.44. The number of amides is 1. The number of Topliss-reactive ketones (excluding diaryl/α,β-unsaturated/α-hetero) is 1. The van der Waals surface area contributed by atoms with Gasteiger partial charge in [0.1, 0.15) is 5.76 Å². The zero-order valence-corrected chi connectivity index (χ0v) is 14.4. The number of carbonyl (C=O) groups is 2. The Kier molecular flexibility index (Phi) is 4.78. The van der Waals surface area contributed by atoms with Crippen LogP contribution >= 0.6 is 24.0 Å². The quantitative estimate of drug-likeness (QED) is 0.461. The number of thioether (sulfide) groups is 1. The van der Waals surface area contributed by atoms with Gasteiger partial charge in [0.2, 0.25) is 0 Å². The molecule has 1 aromatic heterocycles. The van der Waals surface area contributed by atoms with Crippen molar-refractivity contribution in [3.8, 4) is 0 Å². The predicted octanol–water partition coefficient (Wildman–Crippen LogP) is 4.44. The average molecular weight is 355 g/mol. The molecule has 0 atom stereocenters. The third-order valence-corrected chi connectivity index (χ3v) is 4.70. The zero-order valence-electron chi connectivity index (χ0n) is 12.8. The Bertz CT molecular complexity index is 849. The van der Waals surface area contributed by atoms with Gasteiger partial charge in [0.05, 0.1) is 16.9 Å². The maximum Gasteiger partial charge on any atom is 0.270 e. The summed E-state index contributed by atoms with van der Waals surface area (Å²) in [6, 6.07) is 10.5. The summed E-state index contributed by atoms with van der Waals surface area (Å²) in [7, 11) is 0. The molecule has 6 heteroatoms. The van der Waals surface area contributed by atoms with Crippen molar-refractivity contribution in [2.24, 2.45) is 0 Å². The average Bonchev–Trinajstić information content (AvgIpc) is 3.16. The van der Waals surface area contributed by atoms with Gasteiger partial charge in [-0.1, -0.05) is 30.1 Å². The van der Waals surface area contributed by atoms with Crippen LogP contribution < -0.4 is 4.90 Å². The second-order valence-corrected chi connectivity index (χ2v) is 6.69. The number of ketones is 1. The van der Waals surface area contributed by atoms with Crippen molar-refractivity contribution in [2.45, 2.75) is 6.92 Å². The first-order chi connectivity index (χ1) is 11.6. The largest absolute Gasteiger partial charge is 0.465 e. The first kappa shape index (κ1) is 16.4. The van der Waals surface area contributed by atoms with Crippen LogP contribution in [0.15, 0.2) is 64.1 Å². The Balaban J connectivity index is 1.80. The first-order valence-electron chi connectivity index (χ1n) is 7.15. The molecule has 0 N–H and O–H groups in total. The van der Waals surface area contributed by atoms with E-state index in [1.165, 1.54) is 23.6 Å². The standard InChI is InChI=1S/C18H13NO3S2/c1-12(20)13-7-9-14(10-8-13)19-17(21)16(24-18(19)23)6-2-4-15-5-3-11-22-15/h2-11H,1H3/b4-2+,16-6+. The highest BCUT2D eigenvalue weighted by Gasteiger charge is 2.32. The summed E-state index contributed by atoms with van der Waals surface area (Å²) in [5.74, 6) is 0.515. The molecule has 3 rings (SSSR count). The lowest BCUT2D eigenvalue weighted by molar-refractivity contribution is -0.113. The van der Waals surface area contributed by atoms with Crippen molar-refractivity contribution in [3.05, 3.63) is 71.0 Å². The molecule has 1 amide bonds. The highest BCUT2D eigenvalue weighted by atomic mass is 32.2. The molecular formula is C18H13NO3S2. The molecule has 0 saturated carbocycles. The van der Waals surface area contributed by atoms with Gasteiger partial charge in [-0.25, -0.2) is 0 Å². The van der Waals surface area contributed by atoms with Crippen molar-refractivity contribution < 1.29 is 14.0 Å². The van der Waals surface area contributed by atoms with Crippen LogP contribution in [0.2, 0.25) is 0 Å². The van der Waals surface area contributed by atoms with Crippen LogP contribution in [0.1, 0.15) is 23.0 Å². The maximum atomic E-state index is 12.6. The van der Waals surface area contributed by atoms with E-state index < -0.39 is 0 Å². The summed E-state index contributed by atoms with van der Waals surface area (Å²) >= 11 is 6.55. The number of hydrogen-bond acceptors (Lipinski definition) is 5. The van der Waals surface area contributed by atoms with Gasteiger partial charge in [-0.05, 0) is 55.5 Å². The minimum Gasteiger partial charge on any atom is -0.465 e. The summed E-state index contributed by atoms with van der Waals surface area (Å²) in [5, 5.41) is 0. The SMILES string of the molecule is CC(=O)c1ccc(N2C(=O)/C(=C\C=C\c3ccco3)SC2=S)cc1. The predicted molar refractivity (Wildman–Crippen MR) is 99.9 cm³/mol. The molecule has 24 heavy (non-hydrogen) atoms. The second-order valence-electron chi connectivity index (χ2n) is 5.02. The second kappa shape index (κ2) is 6.98. The van der Waals surface area contributed by atoms with Crippen molar-refractivity contribution in [2.75, 3.05) is 4.90 Å². The van der Waals surface area contributed by atoms with Crippen molar-refractivity contribution in [3.63, 3.8) is 0 Å². The Morgan fingerprint density at radius 2 is 2.00 bits per heavy atom. The number of nitrogens with zero attached hydrogens (tertiary/aromatic N) is 1. The van der Waals surface area contributed by atoms with Gasteiger partial charge in [0, 0.05) is 5.56 Å². The Morgan fingerprint density at radius 3 is 2.62 bits per heavy atom. The van der Waals surface area contributed by atoms with Gasteiger partial charge in [0.25, 0.3) is 5.91 Å². The monoisotopic (exact) mass is 355 g/mol. The number of furan rings is 1. The summed E-state index contributed by atoms with van der Waals surface area (Å²) in [5.41, 5.74) is 1.25. The number of carbonyl (C=O) groups excluding carboxylic acids is 2. The van der Waals surface area contributed by atoms with Crippen LogP contribution in [-0.2, 0) is 4.79 Å². The molecule has 1 aliphatic rings. The molecule has 0 spiro atoms. The van der Waals surface area contributed by atoms with Gasteiger partial charge in [-0.15, -0.1) is 0 Å². The molecule has 0 aliphatic carbocycles. The van der Waals surface area contributed by atoms with Crippen LogP contribution in [-0.4, -0.2) is 16.0 Å². The fraction of sp³-hybridized carbons (Fsp3) is 0.0556. The minimum absolute atomic E-state index is 0.0186. The van der Waals surface area contributed by atoms with Gasteiger partial charge in [-0.3, -0.25) is 14.5 Å². The van der Waals surface area contributed by atoms with E-state index in [1.54, 1.807) is 54.8 Å². The van der Waals surface area contributed by atoms with E-state index in [1.807, 2.05) is 6.07 Å². The van der Waals surface area contributed by atoms with Crippen molar-refractivity contribution in [1.29, 1.82) is 0 Å². The molecule has 1 saturated heterocycles. The van der Waals surface area contributed by atoms with Crippen molar-refractivity contribution >= 4 is 51.8 Å². The van der Waals surface area contributed by atoms with Gasteiger partial charge in [0.15, 0.2) is 10.1 Å². The first-order valence-corrected chi connectivity index (χ1v) is 8.38. The molecule has 1 fully saturated rings. The lowest BCUT2D eigenvalue weighted by atomic mass is 10.1. The number of anilines is 1. The zero-order chi connectivity index (χ0) is 17.1. The Labute approximate surface area is 148 Å². The van der Waals surface area contributed by atoms with Gasteiger partial charge in [-0.2, -0.15) is 0 Å². The van der Waals surface area contributed by atoms with Crippen LogP contribution in [0.3, 0.4) is 0 Å². The van der Waals surface area contributed by atoms with E-state index in [0.717, 1.165) is 0 Å². The summed E-state index contributed by atoms with van der Waals surface area (Å²) in [6.45, 7) is 1.50. The van der Waals surface area contributed by atoms with Gasteiger partial charge < -0.3 is 4.42 Å². The molecule has 0 bridgehead atoms. The van der Waals surface area contributed by atoms with E-state index in [4.69, 9.17) is 16.6 Å². The third kappa shape index (κ3) is 3.39. The molecule has 2 heterocycles. The van der Waals surface area contributed by atoms with E-state index in [9.17, 15) is 9.59 Å². The minimum atomic E-state index is -0.176. The number of thiocarbonyl (C=S) groups is 1. The topological polar surface area (TPSA) is 50.5 Å². The summed E-state index contributed by atoms with van der Waals surface area (Å²) in [6.07, 6.45) is 6.83. The highest BCUT2D eigenvalue weighted by Crippen LogP contribution is 2.35. The fourth-order valence-electron chi connectivity index (χ4n) is 2.17. The van der Waals surface area contributed by atoms with Crippen LogP contribution in [0.5, 0.6) is 0 Å². The van der Waals surface area contributed by atoms with E-state index in [0.29, 0.717) is 26.2 Å². The number of rotatable bonds is 4. The molecule has 0 unspecified atom stereocenters. The van der Waals surface area contributed by atoms with E-state index >= 15 is 0 Å². The molecule has 120 valence electrons. The highest BCUT2D eigenvalue weighted by molar-refractivity contribution is 8.27. The Morgan fingerprint density at radius 1 is 1.25 bits per heavy atom. The molecule has 0 radical (unpaired) electrons. The molecule has 2 aromatic rings. The van der Waals surface area contributed by atoms with Gasteiger partial charge >= 0.3 is 0 Å². The molecule has 1 aromatic carbocycles. The van der Waals surface area contributed by atoms with E-state index in [2.05, 4.69) is 0 Å². The van der Waals surface area contributed by atoms with Crippen LogP contribution in [0.25, 0.3) is 6.08 Å². The van der Waals surface area contributed by atoms with E-state index in [-0.39, 0.29) is 11.7 Å². The third-order valence-electron chi connectivity index (χ3n) is 3.38. The summed E-state index contributed by atoms with van der Waals surface area (Å²) < 4.78 is 5.66. The van der Waals surface area contributed by atoms with Crippen molar-refractivity contribution in [1.82, 2.24) is 0 Å². The number of allylic oxidation sites excluding steroid dienone is 2. The molecule has 1 aliphatic heterocycles. The lowest BCUT2D eigenvalue weighted by Gasteiger charge is -2.14. The fourth-order valence-corrected chi connectivity index (χ4v) is 3.42. The maximum absolute atomic E-state index is 12.6. The summed E-state index contributed by atoms with van der Waals surface area (Å²) in [4.78, 5) is 25.9. The lowest BCUT2D eigenvalue weighted by Crippen LogP contribution is -2.27.